The van der Waals surface area contributed by atoms with Crippen LogP contribution in [0.4, 0.5) is 5.88 Å². The van der Waals surface area contributed by atoms with Crippen LogP contribution >= 0.6 is 11.8 Å². The van der Waals surface area contributed by atoms with Gasteiger partial charge in [-0.1, -0.05) is 12.1 Å². The second-order valence-corrected chi connectivity index (χ2v) is 5.93. The van der Waals surface area contributed by atoms with Crippen molar-refractivity contribution in [3.63, 3.8) is 0 Å². The number of carbonyl (C=O) groups is 1. The number of benzene rings is 1. The van der Waals surface area contributed by atoms with Gasteiger partial charge < -0.3 is 18.8 Å². The number of fused-ring (bicyclic) bond motifs is 1. The Hall–Kier alpha value is -2.67. The predicted octanol–water partition coefficient (Wildman–Crippen LogP) is 3.70. The molecule has 118 valence electrons. The number of anilines is 1. The number of oxazole rings is 1. The zero-order valence-electron chi connectivity index (χ0n) is 12.5. The summed E-state index contributed by atoms with van der Waals surface area (Å²) in [4.78, 5) is 17.6. The van der Waals surface area contributed by atoms with Gasteiger partial charge in [0.05, 0.1) is 0 Å². The molecule has 23 heavy (non-hydrogen) atoms. The van der Waals surface area contributed by atoms with E-state index in [-0.39, 0.29) is 10.1 Å². The highest BCUT2D eigenvalue weighted by molar-refractivity contribution is 8.03. The van der Waals surface area contributed by atoms with E-state index < -0.39 is 5.97 Å². The summed E-state index contributed by atoms with van der Waals surface area (Å²) in [5.41, 5.74) is 1.31. The summed E-state index contributed by atoms with van der Waals surface area (Å²) in [6.45, 7) is 0. The summed E-state index contributed by atoms with van der Waals surface area (Å²) >= 11 is 0.945. The van der Waals surface area contributed by atoms with E-state index in [1.165, 1.54) is 6.08 Å². The number of hydrogen-bond donors (Lipinski definition) is 1. The van der Waals surface area contributed by atoms with Crippen molar-refractivity contribution in [1.29, 1.82) is 0 Å². The van der Waals surface area contributed by atoms with Crippen LogP contribution in [0.3, 0.4) is 0 Å². The Balaban J connectivity index is 1.88. The first-order chi connectivity index (χ1) is 11.0. The molecule has 0 saturated heterocycles. The van der Waals surface area contributed by atoms with E-state index in [9.17, 15) is 9.90 Å². The van der Waals surface area contributed by atoms with Crippen molar-refractivity contribution >= 4 is 40.8 Å². The average Bonchev–Trinajstić information content (AvgIpc) is 3.12. The van der Waals surface area contributed by atoms with Gasteiger partial charge in [-0.25, -0.2) is 9.78 Å². The van der Waals surface area contributed by atoms with Gasteiger partial charge in [-0.2, -0.15) is 0 Å². The van der Waals surface area contributed by atoms with Crippen LogP contribution in [0.1, 0.15) is 5.76 Å². The molecule has 6 nitrogen and oxygen atoms in total. The second kappa shape index (κ2) is 6.21. The molecule has 1 N–H and O–H groups in total. The highest BCUT2D eigenvalue weighted by atomic mass is 32.2. The van der Waals surface area contributed by atoms with Gasteiger partial charge in [0.2, 0.25) is 0 Å². The van der Waals surface area contributed by atoms with Gasteiger partial charge in [0.25, 0.3) is 5.22 Å². The number of para-hydroxylation sites is 2. The van der Waals surface area contributed by atoms with E-state index in [2.05, 4.69) is 4.98 Å². The minimum atomic E-state index is -1.07. The number of carboxylic acid groups (broad SMARTS) is 1. The second-order valence-electron chi connectivity index (χ2n) is 4.93. The third kappa shape index (κ3) is 3.40. The maximum Gasteiger partial charge on any atom is 0.342 e. The van der Waals surface area contributed by atoms with Crippen LogP contribution in [0.15, 0.2) is 55.4 Å². The minimum Gasteiger partial charge on any atom is -0.477 e. The molecule has 3 rings (SSSR count). The molecule has 7 heteroatoms. The summed E-state index contributed by atoms with van der Waals surface area (Å²) in [7, 11) is 3.69. The minimum absolute atomic E-state index is 0.0659. The lowest BCUT2D eigenvalue weighted by Gasteiger charge is -2.06. The maximum atomic E-state index is 11.5. The Labute approximate surface area is 136 Å². The van der Waals surface area contributed by atoms with Crippen LogP contribution in [-0.4, -0.2) is 30.2 Å². The number of rotatable bonds is 5. The summed E-state index contributed by atoms with van der Waals surface area (Å²) in [5, 5.41) is 9.65. The van der Waals surface area contributed by atoms with Crippen LogP contribution in [0.5, 0.6) is 0 Å². The van der Waals surface area contributed by atoms with Gasteiger partial charge in [0.15, 0.2) is 11.5 Å². The number of thioether (sulfide) groups is 1. The molecule has 2 aromatic heterocycles. The molecule has 0 fully saturated rings. The molecule has 0 aliphatic carbocycles. The first kappa shape index (κ1) is 15.2. The standard InChI is InChI=1S/C16H14N2O4S/c1-18(2)14-8-7-10(21-14)9-13(15(19)20)23-16-17-11-5-3-4-6-12(11)22-16/h3-9H,1-2H3,(H,19,20)/b13-9-. The highest BCUT2D eigenvalue weighted by Gasteiger charge is 2.16. The van der Waals surface area contributed by atoms with Crippen molar-refractivity contribution in [2.24, 2.45) is 0 Å². The van der Waals surface area contributed by atoms with E-state index in [1.807, 2.05) is 32.3 Å². The zero-order chi connectivity index (χ0) is 16.4. The Morgan fingerprint density at radius 2 is 2.00 bits per heavy atom. The molecule has 0 saturated carbocycles. The van der Waals surface area contributed by atoms with Crippen molar-refractivity contribution in [3.05, 3.63) is 47.1 Å². The fourth-order valence-electron chi connectivity index (χ4n) is 1.91. The predicted molar refractivity (Wildman–Crippen MR) is 88.5 cm³/mol. The molecule has 0 aliphatic rings. The van der Waals surface area contributed by atoms with Crippen LogP contribution in [0.25, 0.3) is 17.2 Å². The topological polar surface area (TPSA) is 79.7 Å². The summed E-state index contributed by atoms with van der Waals surface area (Å²) in [6, 6.07) is 10.8. The van der Waals surface area contributed by atoms with E-state index >= 15 is 0 Å². The normalized spacial score (nSPS) is 11.8. The molecule has 0 spiro atoms. The van der Waals surface area contributed by atoms with Crippen LogP contribution < -0.4 is 4.90 Å². The molecular weight excluding hydrogens is 316 g/mol. The first-order valence-electron chi connectivity index (χ1n) is 6.78. The number of aliphatic carboxylic acids is 1. The fourth-order valence-corrected chi connectivity index (χ4v) is 2.64. The van der Waals surface area contributed by atoms with E-state index in [0.29, 0.717) is 22.7 Å². The molecular formula is C16H14N2O4S. The molecule has 0 unspecified atom stereocenters. The van der Waals surface area contributed by atoms with Gasteiger partial charge in [-0.15, -0.1) is 0 Å². The number of furan rings is 1. The molecule has 0 bridgehead atoms. The lowest BCUT2D eigenvalue weighted by molar-refractivity contribution is -0.131. The summed E-state index contributed by atoms with van der Waals surface area (Å²) in [6.07, 6.45) is 1.45. The average molecular weight is 330 g/mol. The molecule has 0 amide bonds. The largest absolute Gasteiger partial charge is 0.477 e. The van der Waals surface area contributed by atoms with Gasteiger partial charge in [0.1, 0.15) is 16.2 Å². The first-order valence-corrected chi connectivity index (χ1v) is 7.60. The molecule has 0 atom stereocenters. The van der Waals surface area contributed by atoms with Gasteiger partial charge in [-0.05, 0) is 30.0 Å². The SMILES string of the molecule is CN(C)c1ccc(/C=C(\Sc2nc3ccccc3o2)C(=O)O)o1. The zero-order valence-corrected chi connectivity index (χ0v) is 13.3. The quantitative estimate of drug-likeness (QED) is 0.564. The highest BCUT2D eigenvalue weighted by Crippen LogP contribution is 2.31. The van der Waals surface area contributed by atoms with Crippen LogP contribution in [0.2, 0.25) is 0 Å². The monoisotopic (exact) mass is 330 g/mol. The molecule has 0 radical (unpaired) electrons. The number of hydrogen-bond acceptors (Lipinski definition) is 6. The molecule has 1 aromatic carbocycles. The Morgan fingerprint density at radius 1 is 1.22 bits per heavy atom. The van der Waals surface area contributed by atoms with Gasteiger partial charge in [-0.3, -0.25) is 0 Å². The molecule has 2 heterocycles. The lowest BCUT2D eigenvalue weighted by atomic mass is 10.3. The van der Waals surface area contributed by atoms with Gasteiger partial charge in [0, 0.05) is 26.2 Å². The van der Waals surface area contributed by atoms with Crippen LogP contribution in [-0.2, 0) is 4.79 Å². The number of carboxylic acids is 1. The van der Waals surface area contributed by atoms with Gasteiger partial charge >= 0.3 is 5.97 Å². The third-order valence-electron chi connectivity index (χ3n) is 3.01. The Kier molecular flexibility index (Phi) is 4.12. The smallest absolute Gasteiger partial charge is 0.342 e. The van der Waals surface area contributed by atoms with E-state index in [0.717, 1.165) is 11.8 Å². The van der Waals surface area contributed by atoms with Crippen LogP contribution in [0, 0.1) is 0 Å². The van der Waals surface area contributed by atoms with Crippen molar-refractivity contribution in [3.8, 4) is 0 Å². The Bertz CT molecular complexity index is 846. The number of nitrogens with zero attached hydrogens (tertiary/aromatic N) is 2. The van der Waals surface area contributed by atoms with Crippen molar-refractivity contribution < 1.29 is 18.7 Å². The van der Waals surface area contributed by atoms with Crippen molar-refractivity contribution in [1.82, 2.24) is 4.98 Å². The van der Waals surface area contributed by atoms with E-state index in [4.69, 9.17) is 8.83 Å². The maximum absolute atomic E-state index is 11.5. The molecule has 3 aromatic rings. The number of aromatic nitrogens is 1. The third-order valence-corrected chi connectivity index (χ3v) is 3.87. The fraction of sp³-hybridized carbons (Fsp3) is 0.125. The van der Waals surface area contributed by atoms with Crippen molar-refractivity contribution in [2.45, 2.75) is 5.22 Å². The van der Waals surface area contributed by atoms with E-state index in [1.54, 1.807) is 23.1 Å². The Morgan fingerprint density at radius 3 is 2.65 bits per heavy atom. The lowest BCUT2D eigenvalue weighted by Crippen LogP contribution is -2.06. The van der Waals surface area contributed by atoms with Crippen molar-refractivity contribution in [2.75, 3.05) is 19.0 Å². The molecule has 0 aliphatic heterocycles. The summed E-state index contributed by atoms with van der Waals surface area (Å²) < 4.78 is 11.1. The summed E-state index contributed by atoms with van der Waals surface area (Å²) in [5.74, 6) is 0.0302.